The molecule has 1 saturated heterocycles. The molecular weight excluding hydrogens is 236 g/mol. The molecule has 0 aliphatic carbocycles. The van der Waals surface area contributed by atoms with Gasteiger partial charge in [-0.25, -0.2) is 0 Å². The Hall–Kier alpha value is -0.900. The molecular formula is C16H26N2O. The molecule has 2 rings (SSSR count). The van der Waals surface area contributed by atoms with Crippen molar-refractivity contribution in [2.24, 2.45) is 11.1 Å². The number of aliphatic hydroxyl groups excluding tert-OH is 1. The van der Waals surface area contributed by atoms with Gasteiger partial charge in [0.05, 0.1) is 6.10 Å². The Kier molecular flexibility index (Phi) is 4.97. The molecule has 0 radical (unpaired) electrons. The van der Waals surface area contributed by atoms with Crippen molar-refractivity contribution in [3.05, 3.63) is 35.9 Å². The van der Waals surface area contributed by atoms with E-state index in [0.717, 1.165) is 38.9 Å². The molecule has 2 unspecified atom stereocenters. The van der Waals surface area contributed by atoms with Crippen molar-refractivity contribution in [2.45, 2.75) is 38.8 Å². The van der Waals surface area contributed by atoms with E-state index in [9.17, 15) is 5.11 Å². The van der Waals surface area contributed by atoms with Gasteiger partial charge in [-0.1, -0.05) is 37.3 Å². The number of piperidine rings is 1. The van der Waals surface area contributed by atoms with Crippen LogP contribution < -0.4 is 5.73 Å². The van der Waals surface area contributed by atoms with E-state index in [0.29, 0.717) is 6.54 Å². The van der Waals surface area contributed by atoms with Crippen molar-refractivity contribution in [1.82, 2.24) is 4.90 Å². The summed E-state index contributed by atoms with van der Waals surface area (Å²) in [5.41, 5.74) is 7.08. The molecule has 3 nitrogen and oxygen atoms in total. The number of benzene rings is 1. The predicted molar refractivity (Wildman–Crippen MR) is 78.7 cm³/mol. The summed E-state index contributed by atoms with van der Waals surface area (Å²) in [6.45, 7) is 5.60. The summed E-state index contributed by atoms with van der Waals surface area (Å²) < 4.78 is 0. The molecule has 0 amide bonds. The molecule has 0 aromatic heterocycles. The topological polar surface area (TPSA) is 49.5 Å². The lowest BCUT2D eigenvalue weighted by Gasteiger charge is -2.45. The van der Waals surface area contributed by atoms with Gasteiger partial charge in [-0.15, -0.1) is 0 Å². The summed E-state index contributed by atoms with van der Waals surface area (Å²) in [4.78, 5) is 2.35. The first-order valence-electron chi connectivity index (χ1n) is 7.34. The molecule has 3 heteroatoms. The number of β-amino-alcohol motifs (C(OH)–C–C–N with tert-alkyl or cyclic N) is 1. The standard InChI is InChI=1S/C16H26N2O/c1-2-16(8-10-17)9-11-18(13-15(16)19)12-14-6-4-3-5-7-14/h3-7,15,19H,2,8-13,17H2,1H3. The van der Waals surface area contributed by atoms with Crippen molar-refractivity contribution < 1.29 is 5.11 Å². The van der Waals surface area contributed by atoms with Gasteiger partial charge in [0, 0.05) is 13.1 Å². The van der Waals surface area contributed by atoms with E-state index in [-0.39, 0.29) is 11.5 Å². The van der Waals surface area contributed by atoms with Gasteiger partial charge >= 0.3 is 0 Å². The monoisotopic (exact) mass is 262 g/mol. The van der Waals surface area contributed by atoms with Crippen molar-refractivity contribution >= 4 is 0 Å². The normalized spacial score (nSPS) is 28.5. The van der Waals surface area contributed by atoms with Crippen LogP contribution in [0.2, 0.25) is 0 Å². The van der Waals surface area contributed by atoms with E-state index < -0.39 is 0 Å². The average molecular weight is 262 g/mol. The van der Waals surface area contributed by atoms with Crippen molar-refractivity contribution in [3.8, 4) is 0 Å². The Labute approximate surface area is 116 Å². The number of rotatable bonds is 5. The second-order valence-corrected chi connectivity index (χ2v) is 5.74. The first-order valence-corrected chi connectivity index (χ1v) is 7.34. The van der Waals surface area contributed by atoms with Gasteiger partial charge in [0.25, 0.3) is 0 Å². The van der Waals surface area contributed by atoms with Gasteiger partial charge in [-0.2, -0.15) is 0 Å². The van der Waals surface area contributed by atoms with E-state index in [2.05, 4.69) is 36.1 Å². The first-order chi connectivity index (χ1) is 9.20. The van der Waals surface area contributed by atoms with Crippen LogP contribution in [0.4, 0.5) is 0 Å². The second kappa shape index (κ2) is 6.51. The fourth-order valence-corrected chi connectivity index (χ4v) is 3.23. The molecule has 19 heavy (non-hydrogen) atoms. The second-order valence-electron chi connectivity index (χ2n) is 5.74. The maximum atomic E-state index is 10.5. The van der Waals surface area contributed by atoms with Crippen LogP contribution in [0.15, 0.2) is 30.3 Å². The van der Waals surface area contributed by atoms with Crippen molar-refractivity contribution in [2.75, 3.05) is 19.6 Å². The van der Waals surface area contributed by atoms with E-state index in [1.165, 1.54) is 5.56 Å². The third-order valence-corrected chi connectivity index (χ3v) is 4.66. The zero-order valence-corrected chi connectivity index (χ0v) is 11.9. The van der Waals surface area contributed by atoms with Gasteiger partial charge in [-0.05, 0) is 43.3 Å². The highest BCUT2D eigenvalue weighted by atomic mass is 16.3. The average Bonchev–Trinajstić information content (AvgIpc) is 2.43. The fraction of sp³-hybridized carbons (Fsp3) is 0.625. The molecule has 1 aromatic rings. The number of likely N-dealkylation sites (tertiary alicyclic amines) is 1. The molecule has 1 heterocycles. The molecule has 3 N–H and O–H groups in total. The largest absolute Gasteiger partial charge is 0.391 e. The maximum absolute atomic E-state index is 10.5. The lowest BCUT2D eigenvalue weighted by Crippen LogP contribution is -2.51. The molecule has 1 aliphatic rings. The summed E-state index contributed by atoms with van der Waals surface area (Å²) in [6, 6.07) is 10.5. The number of aliphatic hydroxyl groups is 1. The third kappa shape index (κ3) is 3.35. The van der Waals surface area contributed by atoms with E-state index in [1.807, 2.05) is 6.07 Å². The summed E-state index contributed by atoms with van der Waals surface area (Å²) in [6.07, 6.45) is 2.75. The van der Waals surface area contributed by atoms with Gasteiger partial charge in [-0.3, -0.25) is 4.90 Å². The van der Waals surface area contributed by atoms with Crippen LogP contribution in [0.25, 0.3) is 0 Å². The molecule has 1 fully saturated rings. The third-order valence-electron chi connectivity index (χ3n) is 4.66. The van der Waals surface area contributed by atoms with Crippen molar-refractivity contribution in [1.29, 1.82) is 0 Å². The number of nitrogens with zero attached hydrogens (tertiary/aromatic N) is 1. The van der Waals surface area contributed by atoms with Crippen LogP contribution in [-0.2, 0) is 6.54 Å². The first kappa shape index (κ1) is 14.5. The van der Waals surface area contributed by atoms with E-state index in [1.54, 1.807) is 0 Å². The molecule has 0 bridgehead atoms. The lowest BCUT2D eigenvalue weighted by molar-refractivity contribution is -0.0540. The summed E-state index contributed by atoms with van der Waals surface area (Å²) in [5.74, 6) is 0. The minimum absolute atomic E-state index is 0.0436. The summed E-state index contributed by atoms with van der Waals surface area (Å²) in [5, 5.41) is 10.5. The van der Waals surface area contributed by atoms with E-state index in [4.69, 9.17) is 5.73 Å². The smallest absolute Gasteiger partial charge is 0.0724 e. The molecule has 0 spiro atoms. The van der Waals surface area contributed by atoms with Crippen LogP contribution in [0.5, 0.6) is 0 Å². The highest BCUT2D eigenvalue weighted by Crippen LogP contribution is 2.38. The Morgan fingerprint density at radius 2 is 2.11 bits per heavy atom. The highest BCUT2D eigenvalue weighted by Gasteiger charge is 2.39. The molecule has 1 aromatic carbocycles. The molecule has 0 saturated carbocycles. The molecule has 1 aliphatic heterocycles. The van der Waals surface area contributed by atoms with Gasteiger partial charge in [0.1, 0.15) is 0 Å². The number of hydrogen-bond donors (Lipinski definition) is 2. The highest BCUT2D eigenvalue weighted by molar-refractivity contribution is 5.14. The molecule has 2 atom stereocenters. The summed E-state index contributed by atoms with van der Waals surface area (Å²) >= 11 is 0. The van der Waals surface area contributed by atoms with Crippen LogP contribution in [-0.4, -0.2) is 35.7 Å². The zero-order chi connectivity index (χ0) is 13.7. The van der Waals surface area contributed by atoms with Gasteiger partial charge in [0.2, 0.25) is 0 Å². The van der Waals surface area contributed by atoms with E-state index >= 15 is 0 Å². The fourth-order valence-electron chi connectivity index (χ4n) is 3.23. The lowest BCUT2D eigenvalue weighted by atomic mass is 9.71. The predicted octanol–water partition coefficient (Wildman–Crippen LogP) is 2.00. The Bertz CT molecular complexity index is 382. The Morgan fingerprint density at radius 1 is 1.37 bits per heavy atom. The Balaban J connectivity index is 1.96. The maximum Gasteiger partial charge on any atom is 0.0724 e. The SMILES string of the molecule is CCC1(CCN)CCN(Cc2ccccc2)CC1O. The van der Waals surface area contributed by atoms with Crippen LogP contribution in [0.3, 0.4) is 0 Å². The summed E-state index contributed by atoms with van der Waals surface area (Å²) in [7, 11) is 0. The van der Waals surface area contributed by atoms with Crippen LogP contribution >= 0.6 is 0 Å². The minimum atomic E-state index is -0.251. The van der Waals surface area contributed by atoms with Crippen LogP contribution in [0.1, 0.15) is 31.7 Å². The Morgan fingerprint density at radius 3 is 2.68 bits per heavy atom. The van der Waals surface area contributed by atoms with Gasteiger partial charge < -0.3 is 10.8 Å². The van der Waals surface area contributed by atoms with Gasteiger partial charge in [0.15, 0.2) is 0 Å². The molecule has 106 valence electrons. The minimum Gasteiger partial charge on any atom is -0.391 e. The quantitative estimate of drug-likeness (QED) is 0.853. The van der Waals surface area contributed by atoms with Crippen molar-refractivity contribution in [3.63, 3.8) is 0 Å². The van der Waals surface area contributed by atoms with Crippen LogP contribution in [0, 0.1) is 5.41 Å². The zero-order valence-electron chi connectivity index (χ0n) is 11.9. The number of hydrogen-bond acceptors (Lipinski definition) is 3. The number of nitrogens with two attached hydrogens (primary N) is 1.